The number of hydrogen-bond donors (Lipinski definition) is 0. The molecule has 32 heavy (non-hydrogen) atoms. The summed E-state index contributed by atoms with van der Waals surface area (Å²) in [5.74, 6) is 2.53. The Hall–Kier alpha value is -1.82. The van der Waals surface area contributed by atoms with Crippen molar-refractivity contribution in [1.29, 1.82) is 0 Å². The fourth-order valence-corrected chi connectivity index (χ4v) is 7.26. The van der Waals surface area contributed by atoms with Crippen molar-refractivity contribution in [3.05, 3.63) is 24.0 Å². The number of rotatable bonds is 10. The van der Waals surface area contributed by atoms with Crippen LogP contribution in [0, 0.1) is 23.2 Å². The number of methoxy groups -OCH3 is 1. The summed E-state index contributed by atoms with van der Waals surface area (Å²) < 4.78 is 7.35. The van der Waals surface area contributed by atoms with Gasteiger partial charge in [0, 0.05) is 45.2 Å². The van der Waals surface area contributed by atoms with Gasteiger partial charge >= 0.3 is 0 Å². The Morgan fingerprint density at radius 3 is 2.31 bits per heavy atom. The quantitative estimate of drug-likeness (QED) is 0.522. The molecule has 0 spiro atoms. The molecule has 5 saturated carbocycles. The molecule has 0 unspecified atom stereocenters. The zero-order valence-corrected chi connectivity index (χ0v) is 19.8. The van der Waals surface area contributed by atoms with Crippen molar-refractivity contribution in [3.8, 4) is 0 Å². The van der Waals surface area contributed by atoms with E-state index in [1.54, 1.807) is 7.11 Å². The molecule has 6 heteroatoms. The molecule has 6 nitrogen and oxygen atoms in total. The number of hydrogen-bond acceptors (Lipinski definition) is 3. The number of carbonyl (C=O) groups is 2. The summed E-state index contributed by atoms with van der Waals surface area (Å²) in [5, 5.41) is 0. The molecule has 2 amide bonds. The summed E-state index contributed by atoms with van der Waals surface area (Å²) in [6.45, 7) is 2.08. The van der Waals surface area contributed by atoms with E-state index in [-0.39, 0.29) is 23.8 Å². The largest absolute Gasteiger partial charge is 0.385 e. The highest BCUT2D eigenvalue weighted by atomic mass is 16.5. The maximum atomic E-state index is 14.0. The van der Waals surface area contributed by atoms with Crippen LogP contribution in [0.2, 0.25) is 0 Å². The molecule has 5 aliphatic rings. The molecule has 5 fully saturated rings. The van der Waals surface area contributed by atoms with Gasteiger partial charge in [-0.3, -0.25) is 9.59 Å². The van der Waals surface area contributed by atoms with E-state index < -0.39 is 0 Å². The van der Waals surface area contributed by atoms with E-state index >= 15 is 0 Å². The molecule has 0 aromatic carbocycles. The summed E-state index contributed by atoms with van der Waals surface area (Å²) in [7, 11) is 3.73. The molecule has 0 atom stereocenters. The molecule has 6 rings (SSSR count). The van der Waals surface area contributed by atoms with Gasteiger partial charge in [0.15, 0.2) is 0 Å². The summed E-state index contributed by atoms with van der Waals surface area (Å²) in [5.41, 5.74) is 0.938. The van der Waals surface area contributed by atoms with Crippen LogP contribution in [0.25, 0.3) is 0 Å². The second-order valence-corrected chi connectivity index (χ2v) is 11.1. The number of amides is 2. The number of ether oxygens (including phenoxy) is 1. The Bertz CT molecular complexity index is 808. The minimum atomic E-state index is -0.204. The van der Waals surface area contributed by atoms with Gasteiger partial charge < -0.3 is 19.1 Å². The van der Waals surface area contributed by atoms with E-state index in [4.69, 9.17) is 4.74 Å². The highest BCUT2D eigenvalue weighted by Gasteiger charge is 2.55. The number of aryl methyl sites for hydroxylation is 1. The van der Waals surface area contributed by atoms with Crippen molar-refractivity contribution in [2.75, 3.05) is 26.8 Å². The van der Waals surface area contributed by atoms with Crippen LogP contribution in [0.5, 0.6) is 0 Å². The molecule has 176 valence electrons. The van der Waals surface area contributed by atoms with Crippen molar-refractivity contribution in [3.63, 3.8) is 0 Å². The smallest absolute Gasteiger partial charge is 0.242 e. The molecular formula is C26H39N3O3. The first-order valence-electron chi connectivity index (χ1n) is 12.7. The van der Waals surface area contributed by atoms with Gasteiger partial charge in [0.1, 0.15) is 0 Å². The second-order valence-electron chi connectivity index (χ2n) is 11.1. The van der Waals surface area contributed by atoms with Crippen molar-refractivity contribution in [1.82, 2.24) is 14.4 Å². The molecule has 0 saturated heterocycles. The third-order valence-corrected chi connectivity index (χ3v) is 8.57. The molecule has 0 aliphatic heterocycles. The third-order valence-electron chi connectivity index (χ3n) is 8.57. The fourth-order valence-electron chi connectivity index (χ4n) is 7.26. The first-order chi connectivity index (χ1) is 15.5. The van der Waals surface area contributed by atoms with Gasteiger partial charge in [-0.25, -0.2) is 0 Å². The van der Waals surface area contributed by atoms with Gasteiger partial charge in [-0.05, 0) is 87.7 Å². The lowest BCUT2D eigenvalue weighted by Gasteiger charge is -2.56. The van der Waals surface area contributed by atoms with Crippen LogP contribution in [-0.2, 0) is 27.9 Å². The Labute approximate surface area is 192 Å². The number of aromatic nitrogens is 1. The maximum absolute atomic E-state index is 14.0. The van der Waals surface area contributed by atoms with Crippen LogP contribution in [0.3, 0.4) is 0 Å². The van der Waals surface area contributed by atoms with Crippen molar-refractivity contribution in [2.45, 2.75) is 70.4 Å². The first-order valence-corrected chi connectivity index (χ1v) is 12.7. The summed E-state index contributed by atoms with van der Waals surface area (Å²) in [6, 6.07) is 4.44. The molecule has 1 heterocycles. The van der Waals surface area contributed by atoms with Gasteiger partial charge in [-0.2, -0.15) is 0 Å². The van der Waals surface area contributed by atoms with E-state index in [9.17, 15) is 9.59 Å². The van der Waals surface area contributed by atoms with Crippen LogP contribution in [-0.4, -0.2) is 59.0 Å². The lowest BCUT2D eigenvalue weighted by atomic mass is 9.49. The lowest BCUT2D eigenvalue weighted by Crippen LogP contribution is -2.56. The summed E-state index contributed by atoms with van der Waals surface area (Å²) >= 11 is 0. The van der Waals surface area contributed by atoms with E-state index in [1.165, 1.54) is 19.3 Å². The molecule has 0 N–H and O–H groups in total. The predicted octanol–water partition coefficient (Wildman–Crippen LogP) is 3.60. The average Bonchev–Trinajstić information content (AvgIpc) is 3.51. The van der Waals surface area contributed by atoms with E-state index in [0.29, 0.717) is 25.7 Å². The van der Waals surface area contributed by atoms with Gasteiger partial charge in [-0.15, -0.1) is 0 Å². The average molecular weight is 442 g/mol. The SMILES string of the molecule is COCCCN(CC(=O)N(Cc1cccn1C)C1CC1)C(=O)C12CC3CC(CC(C3)C1)C2. The van der Waals surface area contributed by atoms with Crippen molar-refractivity contribution >= 4 is 11.8 Å². The molecular weight excluding hydrogens is 402 g/mol. The van der Waals surface area contributed by atoms with Gasteiger partial charge in [0.05, 0.1) is 18.5 Å². The van der Waals surface area contributed by atoms with Gasteiger partial charge in [0.2, 0.25) is 11.8 Å². The predicted molar refractivity (Wildman–Crippen MR) is 123 cm³/mol. The fraction of sp³-hybridized carbons (Fsp3) is 0.769. The maximum Gasteiger partial charge on any atom is 0.242 e. The van der Waals surface area contributed by atoms with Crippen molar-refractivity contribution in [2.24, 2.45) is 30.2 Å². The molecule has 1 aromatic rings. The molecule has 4 bridgehead atoms. The number of carbonyl (C=O) groups excluding carboxylic acids is 2. The second kappa shape index (κ2) is 8.85. The summed E-state index contributed by atoms with van der Waals surface area (Å²) in [4.78, 5) is 31.5. The number of nitrogens with zero attached hydrogens (tertiary/aromatic N) is 3. The Morgan fingerprint density at radius 2 is 1.78 bits per heavy atom. The standard InChI is InChI=1S/C26H39N3O3/c1-27-8-3-5-23(27)17-29(22-6-7-22)24(30)18-28(9-4-10-32-2)25(31)26-14-19-11-20(15-26)13-21(12-19)16-26/h3,5,8,19-22H,4,6-7,9-18H2,1-2H3. The lowest BCUT2D eigenvalue weighted by molar-refractivity contribution is -0.160. The van der Waals surface area contributed by atoms with Crippen LogP contribution < -0.4 is 0 Å². The van der Waals surface area contributed by atoms with Gasteiger partial charge in [0.25, 0.3) is 0 Å². The minimum absolute atomic E-state index is 0.101. The highest BCUT2D eigenvalue weighted by Crippen LogP contribution is 2.60. The normalized spacial score (nSPS) is 30.5. The van der Waals surface area contributed by atoms with E-state index in [1.807, 2.05) is 29.1 Å². The Balaban J connectivity index is 1.31. The van der Waals surface area contributed by atoms with Crippen LogP contribution in [0.4, 0.5) is 0 Å². The summed E-state index contributed by atoms with van der Waals surface area (Å²) in [6.07, 6.45) is 12.0. The van der Waals surface area contributed by atoms with Crippen LogP contribution in [0.15, 0.2) is 18.3 Å². The topological polar surface area (TPSA) is 54.8 Å². The highest BCUT2D eigenvalue weighted by molar-refractivity contribution is 5.88. The van der Waals surface area contributed by atoms with E-state index in [0.717, 1.165) is 62.0 Å². The van der Waals surface area contributed by atoms with Gasteiger partial charge in [-0.1, -0.05) is 0 Å². The first kappa shape index (κ1) is 22.0. The van der Waals surface area contributed by atoms with Crippen molar-refractivity contribution < 1.29 is 14.3 Å². The molecule has 0 radical (unpaired) electrons. The zero-order chi connectivity index (χ0) is 22.3. The molecule has 1 aromatic heterocycles. The zero-order valence-electron chi connectivity index (χ0n) is 19.8. The van der Waals surface area contributed by atoms with E-state index in [2.05, 4.69) is 10.6 Å². The Morgan fingerprint density at radius 1 is 1.12 bits per heavy atom. The monoisotopic (exact) mass is 441 g/mol. The third kappa shape index (κ3) is 4.35. The minimum Gasteiger partial charge on any atom is -0.385 e. The van der Waals surface area contributed by atoms with Crippen LogP contribution >= 0.6 is 0 Å². The molecule has 5 aliphatic carbocycles. The van der Waals surface area contributed by atoms with Crippen LogP contribution in [0.1, 0.15) is 63.5 Å². The Kier molecular flexibility index (Phi) is 6.08.